The lowest BCUT2D eigenvalue weighted by Crippen LogP contribution is -2.27. The number of allylic oxidation sites excluding steroid dienone is 2. The van der Waals surface area contributed by atoms with Crippen LogP contribution in [0.25, 0.3) is 12.7 Å². The van der Waals surface area contributed by atoms with E-state index in [9.17, 15) is 0 Å². The highest BCUT2D eigenvalue weighted by atomic mass is 15.3. The maximum atomic E-state index is 4.32. The van der Waals surface area contributed by atoms with Crippen molar-refractivity contribution in [2.24, 2.45) is 0 Å². The Morgan fingerprint density at radius 1 is 1.62 bits per heavy atom. The summed E-state index contributed by atoms with van der Waals surface area (Å²) in [6.07, 6.45) is 10.5. The van der Waals surface area contributed by atoms with Crippen LogP contribution in [0.5, 0.6) is 0 Å². The molecule has 1 fully saturated rings. The fourth-order valence-corrected chi connectivity index (χ4v) is 1.39. The summed E-state index contributed by atoms with van der Waals surface area (Å²) in [6.45, 7) is 5.97. The molecule has 2 rings (SSSR count). The molecule has 0 aliphatic heterocycles. The third-order valence-electron chi connectivity index (χ3n) is 2.25. The largest absolute Gasteiger partial charge is 0.262 e. The normalized spacial score (nSPS) is 18.7. The second-order valence-electron chi connectivity index (χ2n) is 3.42. The Morgan fingerprint density at radius 2 is 2.38 bits per heavy atom. The summed E-state index contributed by atoms with van der Waals surface area (Å²) < 4.78 is 2.09. The maximum Gasteiger partial charge on any atom is 0.0679 e. The summed E-state index contributed by atoms with van der Waals surface area (Å²) in [5.41, 5.74) is 0. The molecular weight excluding hydrogens is 160 g/mol. The van der Waals surface area contributed by atoms with Gasteiger partial charge in [-0.25, -0.2) is 0 Å². The van der Waals surface area contributed by atoms with Gasteiger partial charge in [0.1, 0.15) is 0 Å². The van der Waals surface area contributed by atoms with Crippen LogP contribution in [0.1, 0.15) is 25.8 Å². The predicted molar refractivity (Wildman–Crippen MR) is 54.5 cm³/mol. The average molecular weight is 174 g/mol. The molecule has 1 saturated carbocycles. The Kier molecular flexibility index (Phi) is 2.05. The number of hydrogen-bond acceptors (Lipinski definition) is 1. The molecule has 68 valence electrons. The molecule has 0 spiro atoms. The van der Waals surface area contributed by atoms with E-state index in [2.05, 4.69) is 22.4 Å². The summed E-state index contributed by atoms with van der Waals surface area (Å²) in [5, 5.41) is 6.49. The molecule has 0 saturated heterocycles. The molecule has 1 aliphatic carbocycles. The molecule has 0 atom stereocenters. The van der Waals surface area contributed by atoms with Gasteiger partial charge in [-0.1, -0.05) is 18.7 Å². The molecule has 1 heterocycles. The molecule has 1 aromatic rings. The summed E-state index contributed by atoms with van der Waals surface area (Å²) in [7, 11) is 0. The van der Waals surface area contributed by atoms with Crippen LogP contribution in [0.2, 0.25) is 0 Å². The Balaban J connectivity index is 2.51. The van der Waals surface area contributed by atoms with E-state index in [0.717, 1.165) is 10.6 Å². The van der Waals surface area contributed by atoms with Crippen molar-refractivity contribution >= 4 is 12.7 Å². The van der Waals surface area contributed by atoms with Crippen LogP contribution < -0.4 is 10.6 Å². The molecule has 2 heteroatoms. The quantitative estimate of drug-likeness (QED) is 0.653. The van der Waals surface area contributed by atoms with E-state index in [0.29, 0.717) is 6.04 Å². The second-order valence-corrected chi connectivity index (χ2v) is 3.42. The van der Waals surface area contributed by atoms with E-state index in [1.54, 1.807) is 0 Å². The molecule has 0 aromatic carbocycles. The summed E-state index contributed by atoms with van der Waals surface area (Å²) in [6, 6.07) is 0.631. The summed E-state index contributed by atoms with van der Waals surface area (Å²) in [5.74, 6) is 0. The number of nitrogens with zero attached hydrogens (tertiary/aromatic N) is 2. The van der Waals surface area contributed by atoms with Crippen LogP contribution in [0, 0.1) is 0 Å². The van der Waals surface area contributed by atoms with Gasteiger partial charge in [-0.15, -0.1) is 0 Å². The van der Waals surface area contributed by atoms with Crippen LogP contribution in [0.4, 0.5) is 0 Å². The summed E-state index contributed by atoms with van der Waals surface area (Å²) >= 11 is 0. The number of aromatic nitrogens is 2. The Bertz CT molecular complexity index is 421. The van der Waals surface area contributed by atoms with Gasteiger partial charge in [0.25, 0.3) is 0 Å². The molecule has 0 bridgehead atoms. The lowest BCUT2D eigenvalue weighted by Gasteiger charge is -1.95. The standard InChI is InChI=1S/C11H14N2/c1-3-4-5-11-9(2)8-12-13(11)10-6-7-10/h3-5,8,10H,2,6-7H2,1H3/b4-3-,11-5+. The smallest absolute Gasteiger partial charge is 0.0679 e. The minimum absolute atomic E-state index is 0.631. The summed E-state index contributed by atoms with van der Waals surface area (Å²) in [4.78, 5) is 0. The highest BCUT2D eigenvalue weighted by molar-refractivity contribution is 5.34. The topological polar surface area (TPSA) is 17.8 Å². The fourth-order valence-electron chi connectivity index (χ4n) is 1.39. The van der Waals surface area contributed by atoms with Crippen molar-refractivity contribution in [2.45, 2.75) is 25.8 Å². The van der Waals surface area contributed by atoms with Gasteiger partial charge in [0.15, 0.2) is 0 Å². The van der Waals surface area contributed by atoms with Gasteiger partial charge in [0, 0.05) is 5.22 Å². The molecule has 1 aliphatic rings. The Morgan fingerprint density at radius 3 is 3.00 bits per heavy atom. The van der Waals surface area contributed by atoms with Gasteiger partial charge >= 0.3 is 0 Å². The maximum absolute atomic E-state index is 4.32. The van der Waals surface area contributed by atoms with Crippen LogP contribution in [-0.2, 0) is 0 Å². The molecule has 0 N–H and O–H groups in total. The fraction of sp³-hybridized carbons (Fsp3) is 0.364. The SMILES string of the molecule is C=c1cnn(C2CC2)/c1=C/C=C\C. The molecule has 1 aromatic heterocycles. The third kappa shape index (κ3) is 1.57. The lowest BCUT2D eigenvalue weighted by molar-refractivity contribution is 0.622. The zero-order chi connectivity index (χ0) is 9.26. The third-order valence-corrected chi connectivity index (χ3v) is 2.25. The van der Waals surface area contributed by atoms with Gasteiger partial charge in [-0.05, 0) is 25.8 Å². The molecule has 0 unspecified atom stereocenters. The Hall–Kier alpha value is -1.31. The van der Waals surface area contributed by atoms with Crippen molar-refractivity contribution in [1.82, 2.24) is 9.78 Å². The van der Waals surface area contributed by atoms with Crippen LogP contribution in [-0.4, -0.2) is 9.78 Å². The zero-order valence-corrected chi connectivity index (χ0v) is 7.90. The van der Waals surface area contributed by atoms with Crippen LogP contribution >= 0.6 is 0 Å². The van der Waals surface area contributed by atoms with Crippen molar-refractivity contribution < 1.29 is 0 Å². The van der Waals surface area contributed by atoms with Crippen molar-refractivity contribution in [3.63, 3.8) is 0 Å². The van der Waals surface area contributed by atoms with Gasteiger partial charge in [0.2, 0.25) is 0 Å². The van der Waals surface area contributed by atoms with Crippen molar-refractivity contribution in [2.75, 3.05) is 0 Å². The van der Waals surface area contributed by atoms with Crippen molar-refractivity contribution in [3.05, 3.63) is 28.9 Å². The minimum Gasteiger partial charge on any atom is -0.262 e. The monoisotopic (exact) mass is 174 g/mol. The van der Waals surface area contributed by atoms with Crippen molar-refractivity contribution in [1.29, 1.82) is 0 Å². The molecule has 0 radical (unpaired) electrons. The Labute approximate surface area is 77.9 Å². The van der Waals surface area contributed by atoms with E-state index in [4.69, 9.17) is 0 Å². The highest BCUT2D eigenvalue weighted by Gasteiger charge is 2.24. The van der Waals surface area contributed by atoms with E-state index in [-0.39, 0.29) is 0 Å². The zero-order valence-electron chi connectivity index (χ0n) is 7.90. The highest BCUT2D eigenvalue weighted by Crippen LogP contribution is 2.32. The van der Waals surface area contributed by atoms with Gasteiger partial charge in [-0.3, -0.25) is 4.68 Å². The second kappa shape index (κ2) is 3.21. The van der Waals surface area contributed by atoms with E-state index in [1.165, 1.54) is 12.8 Å². The number of rotatable bonds is 2. The van der Waals surface area contributed by atoms with Crippen LogP contribution in [0.3, 0.4) is 0 Å². The first kappa shape index (κ1) is 8.30. The van der Waals surface area contributed by atoms with Gasteiger partial charge in [-0.2, -0.15) is 5.10 Å². The van der Waals surface area contributed by atoms with Gasteiger partial charge in [0.05, 0.1) is 17.6 Å². The first-order valence-corrected chi connectivity index (χ1v) is 4.68. The van der Waals surface area contributed by atoms with Crippen LogP contribution in [0.15, 0.2) is 18.3 Å². The van der Waals surface area contributed by atoms with Gasteiger partial charge < -0.3 is 0 Å². The number of hydrogen-bond donors (Lipinski definition) is 0. The first-order valence-electron chi connectivity index (χ1n) is 4.68. The van der Waals surface area contributed by atoms with Crippen molar-refractivity contribution in [3.8, 4) is 0 Å². The average Bonchev–Trinajstić information content (AvgIpc) is 2.89. The minimum atomic E-state index is 0.631. The first-order chi connectivity index (χ1) is 6.33. The molecule has 2 nitrogen and oxygen atoms in total. The van der Waals surface area contributed by atoms with E-state index in [1.807, 2.05) is 25.3 Å². The molecular formula is C11H14N2. The van der Waals surface area contributed by atoms with E-state index >= 15 is 0 Å². The predicted octanol–water partition coefficient (Wildman–Crippen LogP) is 0.985. The van der Waals surface area contributed by atoms with E-state index < -0.39 is 0 Å². The lowest BCUT2D eigenvalue weighted by atomic mass is 10.4. The molecule has 13 heavy (non-hydrogen) atoms. The molecule has 0 amide bonds.